The average molecular weight is 242 g/mol. The van der Waals surface area contributed by atoms with Crippen molar-refractivity contribution in [1.29, 1.82) is 0 Å². The van der Waals surface area contributed by atoms with Crippen LogP contribution in [0.4, 0.5) is 0 Å². The number of fused-ring (bicyclic) bond motifs is 1. The van der Waals surface area contributed by atoms with Crippen LogP contribution in [0.3, 0.4) is 0 Å². The van der Waals surface area contributed by atoms with Gasteiger partial charge in [-0.15, -0.1) is 0 Å². The molecule has 0 saturated carbocycles. The number of likely N-dealkylation sites (tertiary alicyclic amines) is 1. The van der Waals surface area contributed by atoms with Crippen molar-refractivity contribution in [3.63, 3.8) is 0 Å². The Morgan fingerprint density at radius 3 is 2.24 bits per heavy atom. The Bertz CT molecular complexity index is 207. The third kappa shape index (κ3) is 3.65. The van der Waals surface area contributed by atoms with Crippen LogP contribution in [0.25, 0.3) is 0 Å². The van der Waals surface area contributed by atoms with Crippen molar-refractivity contribution in [1.82, 2.24) is 10.2 Å². The zero-order valence-electron chi connectivity index (χ0n) is 11.2. The van der Waals surface area contributed by atoms with Gasteiger partial charge in [-0.2, -0.15) is 0 Å². The topological polar surface area (TPSA) is 33.7 Å². The monoisotopic (exact) mass is 242 g/mol. The predicted molar refractivity (Wildman–Crippen MR) is 67.9 cm³/mol. The second-order valence-corrected chi connectivity index (χ2v) is 5.07. The molecule has 0 amide bonds. The molecule has 2 heterocycles. The van der Waals surface area contributed by atoms with Gasteiger partial charge in [-0.05, 0) is 38.8 Å². The molecule has 2 aliphatic heterocycles. The lowest BCUT2D eigenvalue weighted by Crippen LogP contribution is -2.30. The van der Waals surface area contributed by atoms with Gasteiger partial charge in [0.15, 0.2) is 6.29 Å². The molecule has 0 radical (unpaired) electrons. The lowest BCUT2D eigenvalue weighted by Gasteiger charge is -2.21. The third-order valence-corrected chi connectivity index (χ3v) is 3.85. The van der Waals surface area contributed by atoms with Crippen molar-refractivity contribution >= 4 is 0 Å². The minimum atomic E-state index is -0.0106. The normalized spacial score (nSPS) is 29.1. The first-order chi connectivity index (χ1) is 8.33. The highest BCUT2D eigenvalue weighted by atomic mass is 16.7. The molecule has 17 heavy (non-hydrogen) atoms. The van der Waals surface area contributed by atoms with Crippen molar-refractivity contribution in [2.45, 2.75) is 26.6 Å². The molecule has 2 aliphatic rings. The van der Waals surface area contributed by atoms with Crippen molar-refractivity contribution in [3.8, 4) is 0 Å². The average Bonchev–Trinajstić information content (AvgIpc) is 2.86. The first-order valence-electron chi connectivity index (χ1n) is 6.99. The van der Waals surface area contributed by atoms with Crippen molar-refractivity contribution in [3.05, 3.63) is 0 Å². The first-order valence-corrected chi connectivity index (χ1v) is 6.99. The van der Waals surface area contributed by atoms with E-state index in [2.05, 4.69) is 10.2 Å². The highest BCUT2D eigenvalue weighted by Gasteiger charge is 2.35. The number of nitrogens with one attached hydrogen (secondary N) is 1. The van der Waals surface area contributed by atoms with E-state index in [0.29, 0.717) is 0 Å². The number of nitrogens with zero attached hydrogens (tertiary/aromatic N) is 1. The fraction of sp³-hybridized carbons (Fsp3) is 1.00. The highest BCUT2D eigenvalue weighted by Crippen LogP contribution is 2.26. The summed E-state index contributed by atoms with van der Waals surface area (Å²) in [6.07, 6.45) is 0.984. The molecule has 2 saturated heterocycles. The molecule has 100 valence electrons. The van der Waals surface area contributed by atoms with E-state index in [1.165, 1.54) is 26.2 Å². The van der Waals surface area contributed by atoms with Gasteiger partial charge in [0.2, 0.25) is 0 Å². The Morgan fingerprint density at radius 2 is 1.71 bits per heavy atom. The van der Waals surface area contributed by atoms with Crippen LogP contribution in [0, 0.1) is 11.8 Å². The smallest absolute Gasteiger partial charge is 0.158 e. The minimum Gasteiger partial charge on any atom is -0.353 e. The molecule has 0 unspecified atom stereocenters. The van der Waals surface area contributed by atoms with Crippen molar-refractivity contribution < 1.29 is 9.47 Å². The van der Waals surface area contributed by atoms with E-state index in [1.807, 2.05) is 13.8 Å². The maximum absolute atomic E-state index is 5.57. The van der Waals surface area contributed by atoms with E-state index < -0.39 is 0 Å². The summed E-state index contributed by atoms with van der Waals surface area (Å²) < 4.78 is 11.1. The highest BCUT2D eigenvalue weighted by molar-refractivity contribution is 4.91. The number of rotatable bonds is 7. The molecule has 4 heteroatoms. The van der Waals surface area contributed by atoms with Crippen molar-refractivity contribution in [2.24, 2.45) is 11.8 Å². The summed E-state index contributed by atoms with van der Waals surface area (Å²) in [4.78, 5) is 2.57. The molecule has 0 aromatic rings. The molecule has 1 N–H and O–H groups in total. The lowest BCUT2D eigenvalue weighted by molar-refractivity contribution is -0.141. The van der Waals surface area contributed by atoms with Gasteiger partial charge in [-0.1, -0.05) is 0 Å². The predicted octanol–water partition coefficient (Wildman–Crippen LogP) is 0.927. The summed E-state index contributed by atoms with van der Waals surface area (Å²) in [5.74, 6) is 1.76. The van der Waals surface area contributed by atoms with Gasteiger partial charge in [0.1, 0.15) is 0 Å². The van der Waals surface area contributed by atoms with Crippen LogP contribution in [-0.2, 0) is 9.47 Å². The van der Waals surface area contributed by atoms with Crippen LogP contribution in [0.5, 0.6) is 0 Å². The summed E-state index contributed by atoms with van der Waals surface area (Å²) in [5, 5.41) is 3.47. The van der Waals surface area contributed by atoms with Crippen LogP contribution >= 0.6 is 0 Å². The van der Waals surface area contributed by atoms with Crippen LogP contribution in [-0.4, -0.2) is 57.1 Å². The molecular weight excluding hydrogens is 216 g/mol. The van der Waals surface area contributed by atoms with E-state index in [4.69, 9.17) is 9.47 Å². The standard InChI is InChI=1S/C13H26N2O2/c1-3-16-13(17-4-2)5-6-15-9-11-7-14-8-12(11)10-15/h11-14H,3-10H2,1-2H3/t11-,12+. The molecule has 2 rings (SSSR count). The van der Waals surface area contributed by atoms with Gasteiger partial charge in [-0.3, -0.25) is 0 Å². The fourth-order valence-corrected chi connectivity index (χ4v) is 3.01. The second kappa shape index (κ2) is 6.69. The van der Waals surface area contributed by atoms with Crippen LogP contribution in [0.15, 0.2) is 0 Å². The zero-order chi connectivity index (χ0) is 12.1. The minimum absolute atomic E-state index is 0.0106. The third-order valence-electron chi connectivity index (χ3n) is 3.85. The first kappa shape index (κ1) is 13.3. The van der Waals surface area contributed by atoms with E-state index in [1.54, 1.807) is 0 Å². The number of ether oxygens (including phenoxy) is 2. The molecule has 0 aliphatic carbocycles. The van der Waals surface area contributed by atoms with Gasteiger partial charge in [0.25, 0.3) is 0 Å². The van der Waals surface area contributed by atoms with Gasteiger partial charge in [-0.25, -0.2) is 0 Å². The van der Waals surface area contributed by atoms with E-state index >= 15 is 0 Å². The van der Waals surface area contributed by atoms with Gasteiger partial charge in [0, 0.05) is 39.3 Å². The van der Waals surface area contributed by atoms with Gasteiger partial charge >= 0.3 is 0 Å². The summed E-state index contributed by atoms with van der Waals surface area (Å²) in [6.45, 7) is 11.6. The fourth-order valence-electron chi connectivity index (χ4n) is 3.01. The number of hydrogen-bond acceptors (Lipinski definition) is 4. The number of hydrogen-bond donors (Lipinski definition) is 1. The second-order valence-electron chi connectivity index (χ2n) is 5.07. The summed E-state index contributed by atoms with van der Waals surface area (Å²) in [6, 6.07) is 0. The molecule has 0 spiro atoms. The quantitative estimate of drug-likeness (QED) is 0.673. The molecule has 0 aromatic carbocycles. The van der Waals surface area contributed by atoms with Crippen LogP contribution < -0.4 is 5.32 Å². The summed E-state index contributed by atoms with van der Waals surface area (Å²) in [7, 11) is 0. The zero-order valence-corrected chi connectivity index (χ0v) is 11.2. The molecule has 0 aromatic heterocycles. The lowest BCUT2D eigenvalue weighted by atomic mass is 10.0. The molecule has 2 fully saturated rings. The van der Waals surface area contributed by atoms with Crippen molar-refractivity contribution in [2.75, 3.05) is 45.9 Å². The Labute approximate surface area is 105 Å². The van der Waals surface area contributed by atoms with Gasteiger partial charge < -0.3 is 19.7 Å². The molecule has 2 atom stereocenters. The molecule has 4 nitrogen and oxygen atoms in total. The van der Waals surface area contributed by atoms with Crippen LogP contribution in [0.2, 0.25) is 0 Å². The van der Waals surface area contributed by atoms with Crippen LogP contribution in [0.1, 0.15) is 20.3 Å². The van der Waals surface area contributed by atoms with Gasteiger partial charge in [0.05, 0.1) is 0 Å². The Hall–Kier alpha value is -0.160. The Balaban J connectivity index is 1.67. The Kier molecular flexibility index (Phi) is 5.22. The Morgan fingerprint density at radius 1 is 1.12 bits per heavy atom. The molecule has 0 bridgehead atoms. The summed E-state index contributed by atoms with van der Waals surface area (Å²) in [5.41, 5.74) is 0. The SMILES string of the molecule is CCOC(CCN1C[C@H]2CNC[C@H]2C1)OCC. The largest absolute Gasteiger partial charge is 0.353 e. The maximum atomic E-state index is 5.57. The molecular formula is C13H26N2O2. The maximum Gasteiger partial charge on any atom is 0.158 e. The summed E-state index contributed by atoms with van der Waals surface area (Å²) >= 11 is 0. The van der Waals surface area contributed by atoms with E-state index in [0.717, 1.165) is 38.0 Å². The van der Waals surface area contributed by atoms with E-state index in [9.17, 15) is 0 Å². The van der Waals surface area contributed by atoms with E-state index in [-0.39, 0.29) is 6.29 Å².